The largest absolute Gasteiger partial charge is 0.462 e. The third-order valence-electron chi connectivity index (χ3n) is 2.83. The van der Waals surface area contributed by atoms with Crippen molar-refractivity contribution in [1.82, 2.24) is 5.43 Å². The van der Waals surface area contributed by atoms with Crippen molar-refractivity contribution in [3.63, 3.8) is 0 Å². The number of primary amides is 1. The first-order valence-electron chi connectivity index (χ1n) is 6.95. The van der Waals surface area contributed by atoms with Crippen molar-refractivity contribution in [2.75, 3.05) is 6.61 Å². The number of rotatable bonds is 6. The summed E-state index contributed by atoms with van der Waals surface area (Å²) in [6.45, 7) is 5.15. The van der Waals surface area contributed by atoms with Crippen molar-refractivity contribution in [3.8, 4) is 0 Å². The minimum Gasteiger partial charge on any atom is -0.462 e. The number of ketones is 1. The quantitative estimate of drug-likeness (QED) is 0.273. The number of benzene rings is 1. The number of urea groups is 1. The highest BCUT2D eigenvalue weighted by Gasteiger charge is 2.17. The van der Waals surface area contributed by atoms with Crippen LogP contribution in [-0.4, -0.2) is 30.1 Å². The number of ether oxygens (including phenoxy) is 1. The van der Waals surface area contributed by atoms with Gasteiger partial charge < -0.3 is 10.5 Å². The fourth-order valence-corrected chi connectivity index (χ4v) is 1.65. The monoisotopic (exact) mass is 317 g/mol. The minimum atomic E-state index is -0.877. The maximum Gasteiger partial charge on any atom is 0.340 e. The second-order valence-electron chi connectivity index (χ2n) is 4.68. The van der Waals surface area contributed by atoms with Crippen LogP contribution in [0.25, 0.3) is 0 Å². The number of carbonyl (C=O) groups excluding carboxylic acids is 3. The molecule has 0 unspecified atom stereocenters. The molecule has 7 nitrogen and oxygen atoms in total. The van der Waals surface area contributed by atoms with Gasteiger partial charge >= 0.3 is 12.0 Å². The van der Waals surface area contributed by atoms with E-state index in [2.05, 4.69) is 5.10 Å². The molecule has 3 N–H and O–H groups in total. The zero-order chi connectivity index (χ0) is 17.4. The minimum absolute atomic E-state index is 0.0498. The molecule has 0 saturated carbocycles. The van der Waals surface area contributed by atoms with Gasteiger partial charge in [0.15, 0.2) is 5.78 Å². The smallest absolute Gasteiger partial charge is 0.340 e. The van der Waals surface area contributed by atoms with Crippen molar-refractivity contribution < 1.29 is 19.1 Å². The van der Waals surface area contributed by atoms with E-state index < -0.39 is 12.0 Å². The zero-order valence-corrected chi connectivity index (χ0v) is 13.3. The van der Waals surface area contributed by atoms with Crippen molar-refractivity contribution in [2.45, 2.75) is 20.8 Å². The predicted octanol–water partition coefficient (Wildman–Crippen LogP) is 1.71. The fraction of sp³-hybridized carbons (Fsp3) is 0.250. The molecule has 0 aliphatic rings. The first-order chi connectivity index (χ1) is 10.8. The van der Waals surface area contributed by atoms with Crippen LogP contribution >= 0.6 is 0 Å². The van der Waals surface area contributed by atoms with Crippen LogP contribution in [0.2, 0.25) is 0 Å². The molecule has 1 aromatic rings. The van der Waals surface area contributed by atoms with Gasteiger partial charge in [-0.1, -0.05) is 29.8 Å². The molecule has 0 atom stereocenters. The number of allylic oxidation sites excluding steroid dienone is 1. The van der Waals surface area contributed by atoms with Gasteiger partial charge in [-0.05, 0) is 20.8 Å². The third kappa shape index (κ3) is 5.74. The Morgan fingerprint density at radius 2 is 1.87 bits per heavy atom. The van der Waals surface area contributed by atoms with E-state index >= 15 is 0 Å². The maximum absolute atomic E-state index is 12.3. The van der Waals surface area contributed by atoms with Crippen molar-refractivity contribution in [1.29, 1.82) is 0 Å². The lowest BCUT2D eigenvalue weighted by Gasteiger charge is -2.07. The highest BCUT2D eigenvalue weighted by atomic mass is 16.5. The molecule has 0 spiro atoms. The summed E-state index contributed by atoms with van der Waals surface area (Å²) in [7, 11) is 0. The molecule has 0 bridgehead atoms. The Balaban J connectivity index is 3.14. The lowest BCUT2D eigenvalue weighted by atomic mass is 10.0. The first-order valence-corrected chi connectivity index (χ1v) is 6.95. The zero-order valence-electron chi connectivity index (χ0n) is 13.3. The normalized spacial score (nSPS) is 11.8. The van der Waals surface area contributed by atoms with Crippen LogP contribution in [0.5, 0.6) is 0 Å². The topological polar surface area (TPSA) is 111 Å². The lowest BCUT2D eigenvalue weighted by Crippen LogP contribution is -2.27. The van der Waals surface area contributed by atoms with Gasteiger partial charge in [0.05, 0.1) is 17.9 Å². The molecular weight excluding hydrogens is 298 g/mol. The van der Waals surface area contributed by atoms with E-state index in [1.807, 2.05) is 12.3 Å². The van der Waals surface area contributed by atoms with Crippen LogP contribution in [0, 0.1) is 6.92 Å². The molecule has 0 heterocycles. The van der Waals surface area contributed by atoms with Crippen molar-refractivity contribution in [2.24, 2.45) is 10.8 Å². The van der Waals surface area contributed by atoms with Gasteiger partial charge in [0.25, 0.3) is 0 Å². The number of nitrogens with zero attached hydrogens (tertiary/aromatic N) is 1. The summed E-state index contributed by atoms with van der Waals surface area (Å²) >= 11 is 0. The Morgan fingerprint density at radius 3 is 2.39 bits per heavy atom. The molecule has 23 heavy (non-hydrogen) atoms. The second kappa shape index (κ2) is 8.47. The summed E-state index contributed by atoms with van der Waals surface area (Å²) in [6, 6.07) is 6.02. The van der Waals surface area contributed by atoms with E-state index in [1.54, 1.807) is 31.2 Å². The number of hydrogen-bond acceptors (Lipinski definition) is 5. The summed E-state index contributed by atoms with van der Waals surface area (Å²) in [5.41, 5.74) is 8.43. The second-order valence-corrected chi connectivity index (χ2v) is 4.68. The summed E-state index contributed by atoms with van der Waals surface area (Å²) in [5.74, 6) is -1.08. The molecule has 0 aliphatic carbocycles. The van der Waals surface area contributed by atoms with E-state index in [1.165, 1.54) is 6.92 Å². The van der Waals surface area contributed by atoms with Gasteiger partial charge in [-0.2, -0.15) is 5.10 Å². The number of carbonyl (C=O) groups is 3. The standard InChI is InChI=1S/C16H19N3O4/c1-4-23-15(21)13(11(3)18-19-16(17)22)9-14(20)12-7-5-10(2)6-8-12/h5-9H,4H2,1-3H3,(H3,17,19,22)/b13-9-,18-11+. The molecule has 1 aromatic carbocycles. The molecule has 0 aliphatic heterocycles. The van der Waals surface area contributed by atoms with Gasteiger partial charge in [0.2, 0.25) is 0 Å². The summed E-state index contributed by atoms with van der Waals surface area (Å²) < 4.78 is 4.90. The molecule has 122 valence electrons. The number of nitrogens with one attached hydrogen (secondary N) is 1. The van der Waals surface area contributed by atoms with Crippen molar-refractivity contribution in [3.05, 3.63) is 47.0 Å². The highest BCUT2D eigenvalue weighted by Crippen LogP contribution is 2.09. The van der Waals surface area contributed by atoms with Gasteiger partial charge in [0, 0.05) is 11.6 Å². The Kier molecular flexibility index (Phi) is 6.67. The Labute approximate surface area is 134 Å². The molecule has 0 aromatic heterocycles. The van der Waals surface area contributed by atoms with Crippen LogP contribution in [0.4, 0.5) is 4.79 Å². The Bertz CT molecular complexity index is 660. The average Bonchev–Trinajstić information content (AvgIpc) is 2.50. The Hall–Kier alpha value is -2.96. The molecule has 1 rings (SSSR count). The fourth-order valence-electron chi connectivity index (χ4n) is 1.65. The maximum atomic E-state index is 12.3. The van der Waals surface area contributed by atoms with Crippen LogP contribution in [-0.2, 0) is 9.53 Å². The molecule has 0 radical (unpaired) electrons. The van der Waals surface area contributed by atoms with E-state index in [-0.39, 0.29) is 23.7 Å². The lowest BCUT2D eigenvalue weighted by molar-refractivity contribution is -0.137. The number of hydrazone groups is 1. The van der Waals surface area contributed by atoms with Gasteiger partial charge in [-0.3, -0.25) is 4.79 Å². The molecule has 7 heteroatoms. The van der Waals surface area contributed by atoms with E-state index in [4.69, 9.17) is 10.5 Å². The van der Waals surface area contributed by atoms with Crippen LogP contribution in [0.15, 0.2) is 41.0 Å². The van der Waals surface area contributed by atoms with E-state index in [9.17, 15) is 14.4 Å². The van der Waals surface area contributed by atoms with E-state index in [0.717, 1.165) is 11.6 Å². The highest BCUT2D eigenvalue weighted by molar-refractivity contribution is 6.23. The molecular formula is C16H19N3O4. The number of amides is 2. The van der Waals surface area contributed by atoms with Gasteiger partial charge in [-0.15, -0.1) is 0 Å². The summed E-state index contributed by atoms with van der Waals surface area (Å²) in [6.07, 6.45) is 1.13. The first kappa shape index (κ1) is 18.1. The molecule has 2 amide bonds. The van der Waals surface area contributed by atoms with E-state index in [0.29, 0.717) is 5.56 Å². The number of hydrogen-bond donors (Lipinski definition) is 2. The summed E-state index contributed by atoms with van der Waals surface area (Å²) in [5, 5.41) is 3.66. The average molecular weight is 317 g/mol. The van der Waals surface area contributed by atoms with Crippen LogP contribution in [0.3, 0.4) is 0 Å². The number of nitrogens with two attached hydrogens (primary N) is 1. The van der Waals surface area contributed by atoms with Crippen molar-refractivity contribution >= 4 is 23.5 Å². The van der Waals surface area contributed by atoms with Crippen LogP contribution in [0.1, 0.15) is 29.8 Å². The third-order valence-corrected chi connectivity index (χ3v) is 2.83. The SMILES string of the molecule is CCOC(=O)C(=C\C(=O)c1ccc(C)cc1)/C(C)=N/NC(N)=O. The number of esters is 1. The van der Waals surface area contributed by atoms with Gasteiger partial charge in [-0.25, -0.2) is 15.0 Å². The number of aryl methyl sites for hydroxylation is 1. The molecule has 0 fully saturated rings. The summed E-state index contributed by atoms with van der Waals surface area (Å²) in [4.78, 5) is 34.9. The Morgan fingerprint density at radius 1 is 1.26 bits per heavy atom. The van der Waals surface area contributed by atoms with Crippen LogP contribution < -0.4 is 11.2 Å². The predicted molar refractivity (Wildman–Crippen MR) is 86.1 cm³/mol. The molecule has 0 saturated heterocycles. The van der Waals surface area contributed by atoms with Gasteiger partial charge in [0.1, 0.15) is 0 Å².